The van der Waals surface area contributed by atoms with Gasteiger partial charge in [0.15, 0.2) is 0 Å². The molecule has 0 radical (unpaired) electrons. The largest absolute Gasteiger partial charge is 0.386 e. The van der Waals surface area contributed by atoms with E-state index in [1.165, 1.54) is 28.9 Å². The van der Waals surface area contributed by atoms with Gasteiger partial charge in [0.2, 0.25) is 0 Å². The highest BCUT2D eigenvalue weighted by atomic mass is 32.1. The van der Waals surface area contributed by atoms with E-state index in [4.69, 9.17) is 0 Å². The summed E-state index contributed by atoms with van der Waals surface area (Å²) in [6, 6.07) is 3.33. The van der Waals surface area contributed by atoms with Gasteiger partial charge in [0.1, 0.15) is 11.1 Å². The Morgan fingerprint density at radius 3 is 2.69 bits per heavy atom. The molecule has 0 spiro atoms. The third-order valence-electron chi connectivity index (χ3n) is 4.49. The molecule has 1 N–H and O–H groups in total. The zero-order valence-corrected chi connectivity index (χ0v) is 17.4. The van der Waals surface area contributed by atoms with Gasteiger partial charge in [-0.1, -0.05) is 0 Å². The average molecular weight is 437 g/mol. The molecule has 0 bridgehead atoms. The summed E-state index contributed by atoms with van der Waals surface area (Å²) in [7, 11) is 0. The predicted molar refractivity (Wildman–Crippen MR) is 106 cm³/mol. The highest BCUT2D eigenvalue weighted by Gasteiger charge is 2.46. The second-order valence-electron chi connectivity index (χ2n) is 7.00. The van der Waals surface area contributed by atoms with Crippen molar-refractivity contribution in [1.82, 2.24) is 19.9 Å². The van der Waals surface area contributed by atoms with Crippen molar-refractivity contribution in [3.8, 4) is 10.6 Å². The molecule has 4 rings (SSSR count). The number of aryl methyl sites for hydroxylation is 1. The number of amides is 1. The van der Waals surface area contributed by atoms with Crippen LogP contribution in [0.5, 0.6) is 0 Å². The molecule has 1 fully saturated rings. The van der Waals surface area contributed by atoms with Crippen molar-refractivity contribution in [3.63, 3.8) is 0 Å². The minimum Gasteiger partial charge on any atom is -0.386 e. The first kappa shape index (κ1) is 20.0. The number of likely N-dealkylation sites (tertiary alicyclic amines) is 1. The van der Waals surface area contributed by atoms with E-state index in [1.54, 1.807) is 19.1 Å². The highest BCUT2D eigenvalue weighted by Crippen LogP contribution is 2.33. The molecule has 0 aliphatic carbocycles. The number of carbonyl (C=O) groups excluding carboxylic acids is 1. The van der Waals surface area contributed by atoms with E-state index in [1.807, 2.05) is 12.3 Å². The molecule has 1 aliphatic heterocycles. The summed E-state index contributed by atoms with van der Waals surface area (Å²) in [5, 5.41) is 13.2. The minimum absolute atomic E-state index is 0.301. The number of hydrogen-bond acceptors (Lipinski definition) is 7. The van der Waals surface area contributed by atoms with Gasteiger partial charge in [-0.3, -0.25) is 9.78 Å². The molecule has 0 aromatic carbocycles. The topological polar surface area (TPSA) is 79.2 Å². The van der Waals surface area contributed by atoms with Crippen molar-refractivity contribution < 1.29 is 18.7 Å². The normalized spacial score (nSPS) is 16.5. The Bertz CT molecular complexity index is 1040. The number of pyridine rings is 1. The molecule has 4 heterocycles. The fourth-order valence-corrected chi connectivity index (χ4v) is 4.82. The van der Waals surface area contributed by atoms with E-state index < -0.39 is 31.0 Å². The van der Waals surface area contributed by atoms with Crippen molar-refractivity contribution in [2.75, 3.05) is 13.1 Å². The van der Waals surface area contributed by atoms with Crippen molar-refractivity contribution >= 4 is 28.6 Å². The molecule has 1 unspecified atom stereocenters. The van der Waals surface area contributed by atoms with Crippen LogP contribution < -0.4 is 0 Å². The van der Waals surface area contributed by atoms with Crippen LogP contribution in [-0.4, -0.2) is 49.9 Å². The van der Waals surface area contributed by atoms with Crippen LogP contribution in [0, 0.1) is 6.92 Å². The maximum atomic E-state index is 12.9. The molecule has 3 aromatic heterocycles. The second kappa shape index (κ2) is 7.51. The fourth-order valence-electron chi connectivity index (χ4n) is 2.98. The smallest absolute Gasteiger partial charge is 0.282 e. The second-order valence-corrected chi connectivity index (χ2v) is 8.97. The first-order valence-electron chi connectivity index (χ1n) is 8.94. The van der Waals surface area contributed by atoms with E-state index in [9.17, 15) is 18.7 Å². The van der Waals surface area contributed by atoms with Gasteiger partial charge in [-0.2, -0.15) is 0 Å². The molecule has 3 aromatic rings. The van der Waals surface area contributed by atoms with Crippen LogP contribution in [0.3, 0.4) is 0 Å². The quantitative estimate of drug-likeness (QED) is 0.660. The third kappa shape index (κ3) is 4.19. The zero-order chi connectivity index (χ0) is 20.8. The summed E-state index contributed by atoms with van der Waals surface area (Å²) in [4.78, 5) is 27.5. The molecule has 6 nitrogen and oxygen atoms in total. The fraction of sp³-hybridized carbons (Fsp3) is 0.368. The Kier molecular flexibility index (Phi) is 5.18. The molecule has 1 saturated heterocycles. The number of alkyl halides is 2. The Hall–Kier alpha value is -2.30. The summed E-state index contributed by atoms with van der Waals surface area (Å²) in [6.07, 6.45) is 1.31. The number of aromatic nitrogens is 3. The van der Waals surface area contributed by atoms with Gasteiger partial charge in [0.05, 0.1) is 39.9 Å². The number of rotatable bonds is 5. The van der Waals surface area contributed by atoms with Gasteiger partial charge < -0.3 is 10.0 Å². The highest BCUT2D eigenvalue weighted by molar-refractivity contribution is 7.16. The Balaban J connectivity index is 1.43. The van der Waals surface area contributed by atoms with Crippen LogP contribution in [0.15, 0.2) is 23.7 Å². The first-order chi connectivity index (χ1) is 13.7. The van der Waals surface area contributed by atoms with Crippen molar-refractivity contribution in [2.24, 2.45) is 0 Å². The summed E-state index contributed by atoms with van der Waals surface area (Å²) in [5.74, 6) is -3.21. The van der Waals surface area contributed by atoms with E-state index in [0.29, 0.717) is 17.0 Å². The van der Waals surface area contributed by atoms with Crippen LogP contribution in [0.1, 0.15) is 44.8 Å². The van der Waals surface area contributed by atoms with Gasteiger partial charge in [0.25, 0.3) is 11.8 Å². The predicted octanol–water partition coefficient (Wildman–Crippen LogP) is 3.71. The van der Waals surface area contributed by atoms with E-state index >= 15 is 0 Å². The Labute approximate surface area is 173 Å². The zero-order valence-electron chi connectivity index (χ0n) is 15.7. The van der Waals surface area contributed by atoms with Crippen molar-refractivity contribution in [3.05, 3.63) is 50.7 Å². The molecular formula is C19H18F2N4O2S2. The molecule has 0 saturated carbocycles. The molecule has 1 amide bonds. The number of aliphatic hydroxyl groups excluding tert-OH is 1. The van der Waals surface area contributed by atoms with Crippen LogP contribution in [0.2, 0.25) is 0 Å². The molecule has 1 aliphatic rings. The minimum atomic E-state index is -2.78. The van der Waals surface area contributed by atoms with E-state index in [2.05, 4.69) is 15.0 Å². The lowest BCUT2D eigenvalue weighted by molar-refractivity contribution is -0.113. The molecule has 29 heavy (non-hydrogen) atoms. The number of hydrogen-bond donors (Lipinski definition) is 1. The van der Waals surface area contributed by atoms with Crippen LogP contribution >= 0.6 is 22.7 Å². The summed E-state index contributed by atoms with van der Waals surface area (Å²) < 4.78 is 25.9. The Morgan fingerprint density at radius 1 is 1.34 bits per heavy atom. The van der Waals surface area contributed by atoms with E-state index in [0.717, 1.165) is 31.9 Å². The Morgan fingerprint density at radius 2 is 2.10 bits per heavy atom. The molecule has 10 heteroatoms. The van der Waals surface area contributed by atoms with Gasteiger partial charge in [-0.15, -0.1) is 22.7 Å². The van der Waals surface area contributed by atoms with Gasteiger partial charge in [-0.25, -0.2) is 18.7 Å². The number of thiazole rings is 2. The molecule has 152 valence electrons. The number of halogens is 2. The van der Waals surface area contributed by atoms with Gasteiger partial charge in [-0.05, 0) is 26.0 Å². The lowest BCUT2D eigenvalue weighted by Gasteiger charge is -2.38. The maximum absolute atomic E-state index is 12.9. The summed E-state index contributed by atoms with van der Waals surface area (Å²) in [6.45, 7) is 2.50. The molecular weight excluding hydrogens is 418 g/mol. The standard InChI is InChI=1S/C19H18F2N4O2S2/c1-10-16(29-17(23-10)11(2)26)14-7-28-15(24-14)5-13-4-3-12(6-22-13)18(27)25-8-19(20,21)9-25/h3-4,6-7,11,26H,5,8-9H2,1-2H3. The maximum Gasteiger partial charge on any atom is 0.282 e. The lowest BCUT2D eigenvalue weighted by Crippen LogP contribution is -2.58. The van der Waals surface area contributed by atoms with Crippen molar-refractivity contribution in [2.45, 2.75) is 32.3 Å². The monoisotopic (exact) mass is 436 g/mol. The summed E-state index contributed by atoms with van der Waals surface area (Å²) in [5.41, 5.74) is 2.69. The van der Waals surface area contributed by atoms with Gasteiger partial charge in [0, 0.05) is 23.7 Å². The van der Waals surface area contributed by atoms with Crippen LogP contribution in [0.25, 0.3) is 10.6 Å². The lowest BCUT2D eigenvalue weighted by atomic mass is 10.1. The van der Waals surface area contributed by atoms with Gasteiger partial charge >= 0.3 is 0 Å². The van der Waals surface area contributed by atoms with Crippen LogP contribution in [-0.2, 0) is 6.42 Å². The SMILES string of the molecule is Cc1nc(C(C)O)sc1-c1csc(Cc2ccc(C(=O)N3CC(F)(F)C3)cn2)n1. The third-order valence-corrected chi connectivity index (χ3v) is 6.69. The summed E-state index contributed by atoms with van der Waals surface area (Å²) >= 11 is 2.93. The van der Waals surface area contributed by atoms with E-state index in [-0.39, 0.29) is 0 Å². The van der Waals surface area contributed by atoms with Crippen molar-refractivity contribution in [1.29, 1.82) is 0 Å². The average Bonchev–Trinajstić information content (AvgIpc) is 3.26. The van der Waals surface area contributed by atoms with Crippen LogP contribution in [0.4, 0.5) is 8.78 Å². The number of nitrogens with zero attached hydrogens (tertiary/aromatic N) is 4. The number of aliphatic hydroxyl groups is 1. The first-order valence-corrected chi connectivity index (χ1v) is 10.6. The number of carbonyl (C=O) groups is 1. The molecule has 1 atom stereocenters.